The van der Waals surface area contributed by atoms with Crippen LogP contribution in [0.25, 0.3) is 0 Å². The van der Waals surface area contributed by atoms with Crippen LogP contribution in [0.2, 0.25) is 0 Å². The van der Waals surface area contributed by atoms with Crippen molar-refractivity contribution in [3.63, 3.8) is 0 Å². The number of hydrogen-bond donors (Lipinski definition) is 1. The van der Waals surface area contributed by atoms with Crippen LogP contribution in [0, 0.1) is 6.92 Å². The van der Waals surface area contributed by atoms with E-state index in [4.69, 9.17) is 9.47 Å². The molecule has 0 atom stereocenters. The van der Waals surface area contributed by atoms with Crippen LogP contribution in [0.3, 0.4) is 0 Å². The van der Waals surface area contributed by atoms with Gasteiger partial charge in [-0.1, -0.05) is 15.9 Å². The zero-order valence-electron chi connectivity index (χ0n) is 13.3. The fourth-order valence-corrected chi connectivity index (χ4v) is 3.54. The van der Waals surface area contributed by atoms with Gasteiger partial charge in [0, 0.05) is 21.5 Å². The molecule has 24 heavy (non-hydrogen) atoms. The first kappa shape index (κ1) is 17.2. The Morgan fingerprint density at radius 3 is 2.75 bits per heavy atom. The highest BCUT2D eigenvalue weighted by atomic mass is 79.9. The molecule has 0 saturated carbocycles. The van der Waals surface area contributed by atoms with Crippen LogP contribution in [-0.2, 0) is 4.79 Å². The molecule has 0 bridgehead atoms. The predicted molar refractivity (Wildman–Crippen MR) is 100 cm³/mol. The molecule has 3 rings (SSSR count). The second-order valence-corrected chi connectivity index (χ2v) is 7.42. The van der Waals surface area contributed by atoms with E-state index in [9.17, 15) is 4.79 Å². The van der Waals surface area contributed by atoms with Crippen LogP contribution >= 0.6 is 27.7 Å². The summed E-state index contributed by atoms with van der Waals surface area (Å²) in [5, 5.41) is 2.94. The van der Waals surface area contributed by atoms with Crippen LogP contribution in [0.5, 0.6) is 11.5 Å². The number of carbonyl (C=O) groups excluding carboxylic acids is 1. The second kappa shape index (κ2) is 7.94. The number of amides is 1. The fourth-order valence-electron chi connectivity index (χ4n) is 2.34. The lowest BCUT2D eigenvalue weighted by molar-refractivity contribution is -0.113. The first-order chi connectivity index (χ1) is 11.6. The summed E-state index contributed by atoms with van der Waals surface area (Å²) in [4.78, 5) is 13.2. The van der Waals surface area contributed by atoms with Crippen molar-refractivity contribution in [2.45, 2.75) is 18.2 Å². The molecular weight excluding hydrogens is 390 g/mol. The normalized spacial score (nSPS) is 13.2. The summed E-state index contributed by atoms with van der Waals surface area (Å²) in [6, 6.07) is 11.6. The predicted octanol–water partition coefficient (Wildman–Crippen LogP) is 4.65. The van der Waals surface area contributed by atoms with Gasteiger partial charge in [0.15, 0.2) is 11.5 Å². The first-order valence-electron chi connectivity index (χ1n) is 7.70. The van der Waals surface area contributed by atoms with E-state index in [1.165, 1.54) is 11.8 Å². The van der Waals surface area contributed by atoms with Gasteiger partial charge in [0.1, 0.15) is 0 Å². The van der Waals surface area contributed by atoms with E-state index in [1.807, 2.05) is 43.3 Å². The van der Waals surface area contributed by atoms with Crippen molar-refractivity contribution in [2.24, 2.45) is 0 Å². The van der Waals surface area contributed by atoms with E-state index in [0.717, 1.165) is 38.5 Å². The first-order valence-corrected chi connectivity index (χ1v) is 9.48. The van der Waals surface area contributed by atoms with Crippen LogP contribution in [-0.4, -0.2) is 24.9 Å². The maximum absolute atomic E-state index is 12.2. The Hall–Kier alpha value is -1.66. The molecule has 0 saturated heterocycles. The molecule has 6 heteroatoms. The van der Waals surface area contributed by atoms with Crippen molar-refractivity contribution in [3.8, 4) is 11.5 Å². The Kier molecular flexibility index (Phi) is 5.68. The molecule has 0 unspecified atom stereocenters. The summed E-state index contributed by atoms with van der Waals surface area (Å²) in [5.74, 6) is 1.83. The van der Waals surface area contributed by atoms with E-state index < -0.39 is 0 Å². The Bertz CT molecular complexity index is 751. The third-order valence-electron chi connectivity index (χ3n) is 3.55. The molecule has 0 fully saturated rings. The van der Waals surface area contributed by atoms with E-state index in [1.54, 1.807) is 0 Å². The highest BCUT2D eigenvalue weighted by molar-refractivity contribution is 9.10. The average molecular weight is 408 g/mol. The summed E-state index contributed by atoms with van der Waals surface area (Å²) in [7, 11) is 0. The number of carbonyl (C=O) groups is 1. The van der Waals surface area contributed by atoms with Crippen molar-refractivity contribution in [2.75, 3.05) is 24.3 Å². The van der Waals surface area contributed by atoms with Crippen molar-refractivity contribution < 1.29 is 14.3 Å². The van der Waals surface area contributed by atoms with E-state index >= 15 is 0 Å². The number of fused-ring (bicyclic) bond motifs is 1. The van der Waals surface area contributed by atoms with Crippen molar-refractivity contribution >= 4 is 39.3 Å². The lowest BCUT2D eigenvalue weighted by Gasteiger charge is -2.10. The van der Waals surface area contributed by atoms with Gasteiger partial charge in [-0.25, -0.2) is 0 Å². The van der Waals surface area contributed by atoms with Crippen molar-refractivity contribution in [3.05, 3.63) is 46.4 Å². The smallest absolute Gasteiger partial charge is 0.234 e. The number of nitrogens with one attached hydrogen (secondary N) is 1. The van der Waals surface area contributed by atoms with Gasteiger partial charge < -0.3 is 14.8 Å². The highest BCUT2D eigenvalue weighted by Gasteiger charge is 2.12. The number of aryl methyl sites for hydroxylation is 1. The summed E-state index contributed by atoms with van der Waals surface area (Å²) >= 11 is 4.90. The SMILES string of the molecule is Cc1cc(Br)ccc1NC(=O)CSc1ccc2c(c1)OCCCO2. The molecular formula is C18H18BrNO3S. The Balaban J connectivity index is 1.59. The van der Waals surface area contributed by atoms with Gasteiger partial charge in [0.25, 0.3) is 0 Å². The summed E-state index contributed by atoms with van der Waals surface area (Å²) < 4.78 is 12.3. The Labute approximate surface area is 154 Å². The van der Waals surface area contributed by atoms with Gasteiger partial charge in [-0.15, -0.1) is 11.8 Å². The minimum atomic E-state index is -0.0301. The number of thioether (sulfide) groups is 1. The minimum absolute atomic E-state index is 0.0301. The lowest BCUT2D eigenvalue weighted by Crippen LogP contribution is -2.14. The molecule has 0 aliphatic carbocycles. The molecule has 1 N–H and O–H groups in total. The maximum Gasteiger partial charge on any atom is 0.234 e. The number of rotatable bonds is 4. The topological polar surface area (TPSA) is 47.6 Å². The van der Waals surface area contributed by atoms with E-state index in [0.29, 0.717) is 19.0 Å². The van der Waals surface area contributed by atoms with Gasteiger partial charge in [-0.3, -0.25) is 4.79 Å². The molecule has 0 aromatic heterocycles. The molecule has 1 amide bonds. The molecule has 1 heterocycles. The number of halogens is 1. The van der Waals surface area contributed by atoms with Crippen molar-refractivity contribution in [1.29, 1.82) is 0 Å². The maximum atomic E-state index is 12.2. The summed E-state index contributed by atoms with van der Waals surface area (Å²) in [5.41, 5.74) is 1.86. The van der Waals surface area contributed by atoms with Crippen LogP contribution in [0.1, 0.15) is 12.0 Å². The van der Waals surface area contributed by atoms with Gasteiger partial charge >= 0.3 is 0 Å². The minimum Gasteiger partial charge on any atom is -0.490 e. The fraction of sp³-hybridized carbons (Fsp3) is 0.278. The molecule has 4 nitrogen and oxygen atoms in total. The molecule has 0 radical (unpaired) electrons. The quantitative estimate of drug-likeness (QED) is 0.749. The van der Waals surface area contributed by atoms with Gasteiger partial charge in [-0.05, 0) is 48.9 Å². The molecule has 2 aromatic carbocycles. The third kappa shape index (κ3) is 4.45. The van der Waals surface area contributed by atoms with Crippen LogP contribution < -0.4 is 14.8 Å². The summed E-state index contributed by atoms with van der Waals surface area (Å²) in [6.07, 6.45) is 0.881. The van der Waals surface area contributed by atoms with Gasteiger partial charge in [0.05, 0.1) is 19.0 Å². The number of anilines is 1. The van der Waals surface area contributed by atoms with Crippen LogP contribution in [0.15, 0.2) is 45.8 Å². The largest absolute Gasteiger partial charge is 0.490 e. The highest BCUT2D eigenvalue weighted by Crippen LogP contribution is 2.34. The zero-order valence-corrected chi connectivity index (χ0v) is 15.7. The molecule has 126 valence electrons. The van der Waals surface area contributed by atoms with E-state index in [2.05, 4.69) is 21.2 Å². The van der Waals surface area contributed by atoms with Crippen LogP contribution in [0.4, 0.5) is 5.69 Å². The molecule has 2 aromatic rings. The molecule has 0 spiro atoms. The van der Waals surface area contributed by atoms with Gasteiger partial charge in [-0.2, -0.15) is 0 Å². The molecule has 1 aliphatic heterocycles. The van der Waals surface area contributed by atoms with E-state index in [-0.39, 0.29) is 5.91 Å². The Morgan fingerprint density at radius 2 is 1.96 bits per heavy atom. The Morgan fingerprint density at radius 1 is 1.17 bits per heavy atom. The number of ether oxygens (including phenoxy) is 2. The standard InChI is InChI=1S/C18H18BrNO3S/c1-12-9-13(19)3-5-15(12)20-18(21)11-24-14-4-6-16-17(10-14)23-8-2-7-22-16/h3-6,9-10H,2,7-8,11H2,1H3,(H,20,21). The monoisotopic (exact) mass is 407 g/mol. The average Bonchev–Trinajstić information content (AvgIpc) is 2.80. The summed E-state index contributed by atoms with van der Waals surface area (Å²) in [6.45, 7) is 3.30. The van der Waals surface area contributed by atoms with Gasteiger partial charge in [0.2, 0.25) is 5.91 Å². The van der Waals surface area contributed by atoms with Crippen molar-refractivity contribution in [1.82, 2.24) is 0 Å². The second-order valence-electron chi connectivity index (χ2n) is 5.46. The number of hydrogen-bond acceptors (Lipinski definition) is 4. The molecule has 1 aliphatic rings. The zero-order chi connectivity index (χ0) is 16.9. The number of benzene rings is 2. The lowest BCUT2D eigenvalue weighted by atomic mass is 10.2. The third-order valence-corrected chi connectivity index (χ3v) is 5.04.